The third-order valence-corrected chi connectivity index (χ3v) is 1.79. The van der Waals surface area contributed by atoms with E-state index in [4.69, 9.17) is 0 Å². The average Bonchev–Trinajstić information content (AvgIpc) is 2.12. The molecule has 1 fully saturated rings. The maximum Gasteiger partial charge on any atom is 0.137 e. The Labute approximate surface area is 61.4 Å². The molecule has 0 aromatic carbocycles. The van der Waals surface area contributed by atoms with Crippen LogP contribution in [0.1, 0.15) is 6.42 Å². The molecule has 1 aliphatic rings. The first-order valence-corrected chi connectivity index (χ1v) is 3.67. The lowest BCUT2D eigenvalue weighted by Crippen LogP contribution is -2.37. The summed E-state index contributed by atoms with van der Waals surface area (Å²) < 4.78 is 13.5. The first-order valence-electron chi connectivity index (χ1n) is 3.67. The summed E-state index contributed by atoms with van der Waals surface area (Å²) in [5.41, 5.74) is -0.969. The zero-order valence-corrected chi connectivity index (χ0v) is 6.65. The highest BCUT2D eigenvalue weighted by molar-refractivity contribution is 4.89. The van der Waals surface area contributed by atoms with E-state index >= 15 is 0 Å². The number of nitrogens with zero attached hydrogens (tertiary/aromatic N) is 1. The van der Waals surface area contributed by atoms with E-state index in [1.54, 1.807) is 0 Å². The van der Waals surface area contributed by atoms with Gasteiger partial charge in [0.25, 0.3) is 0 Å². The van der Waals surface area contributed by atoms with Crippen LogP contribution in [-0.2, 0) is 0 Å². The van der Waals surface area contributed by atoms with E-state index in [0.29, 0.717) is 19.5 Å². The zero-order chi connectivity index (χ0) is 7.61. The van der Waals surface area contributed by atoms with E-state index < -0.39 is 5.67 Å². The minimum absolute atomic E-state index is 0.519. The number of alkyl halides is 1. The summed E-state index contributed by atoms with van der Waals surface area (Å²) in [5, 5.41) is 3.02. The topological polar surface area (TPSA) is 15.3 Å². The second-order valence-corrected chi connectivity index (χ2v) is 3.32. The molecule has 1 atom stereocenters. The maximum absolute atomic E-state index is 13.5. The van der Waals surface area contributed by atoms with Crippen molar-refractivity contribution in [2.45, 2.75) is 12.1 Å². The van der Waals surface area contributed by atoms with Crippen LogP contribution in [0, 0.1) is 0 Å². The number of nitrogens with one attached hydrogen (secondary N) is 1. The Balaban J connectivity index is 2.36. The van der Waals surface area contributed by atoms with Crippen molar-refractivity contribution in [3.63, 3.8) is 0 Å². The van der Waals surface area contributed by atoms with Crippen LogP contribution >= 0.6 is 0 Å². The lowest BCUT2D eigenvalue weighted by molar-refractivity contribution is 0.139. The van der Waals surface area contributed by atoms with Crippen molar-refractivity contribution in [2.75, 3.05) is 33.7 Å². The molecule has 0 aromatic rings. The van der Waals surface area contributed by atoms with Gasteiger partial charge in [0.2, 0.25) is 0 Å². The predicted molar refractivity (Wildman–Crippen MR) is 39.9 cm³/mol. The number of hydrogen-bond donors (Lipinski definition) is 1. The van der Waals surface area contributed by atoms with Crippen molar-refractivity contribution in [3.05, 3.63) is 0 Å². The van der Waals surface area contributed by atoms with Gasteiger partial charge < -0.3 is 10.2 Å². The molecule has 0 spiro atoms. The van der Waals surface area contributed by atoms with Crippen LogP contribution in [0.15, 0.2) is 0 Å². The monoisotopic (exact) mass is 146 g/mol. The van der Waals surface area contributed by atoms with Crippen LogP contribution in [0.25, 0.3) is 0 Å². The van der Waals surface area contributed by atoms with Gasteiger partial charge in [-0.3, -0.25) is 0 Å². The van der Waals surface area contributed by atoms with Crippen molar-refractivity contribution in [2.24, 2.45) is 0 Å². The fraction of sp³-hybridized carbons (Fsp3) is 1.00. The molecule has 1 aliphatic heterocycles. The van der Waals surface area contributed by atoms with E-state index in [1.807, 2.05) is 19.0 Å². The molecule has 2 nitrogen and oxygen atoms in total. The van der Waals surface area contributed by atoms with Crippen molar-refractivity contribution < 1.29 is 4.39 Å². The Bertz CT molecular complexity index is 108. The standard InChI is InChI=1S/C7H15FN2/c1-10(2)6-7(8)3-4-9-5-7/h9H,3-6H2,1-2H3/t7-/m1/s1. The van der Waals surface area contributed by atoms with E-state index in [-0.39, 0.29) is 0 Å². The Morgan fingerprint density at radius 2 is 2.30 bits per heavy atom. The number of hydrogen-bond acceptors (Lipinski definition) is 2. The summed E-state index contributed by atoms with van der Waals surface area (Å²) in [4.78, 5) is 1.90. The molecule has 0 amide bonds. The van der Waals surface area contributed by atoms with Crippen LogP contribution in [0.4, 0.5) is 4.39 Å². The van der Waals surface area contributed by atoms with Crippen LogP contribution in [-0.4, -0.2) is 44.3 Å². The molecule has 1 saturated heterocycles. The first-order chi connectivity index (χ1) is 4.62. The predicted octanol–water partition coefficient (Wildman–Crippen LogP) is 0.250. The van der Waals surface area contributed by atoms with Gasteiger partial charge >= 0.3 is 0 Å². The molecule has 0 aliphatic carbocycles. The fourth-order valence-corrected chi connectivity index (χ4v) is 1.41. The molecule has 3 heteroatoms. The number of rotatable bonds is 2. The van der Waals surface area contributed by atoms with Gasteiger partial charge in [0.15, 0.2) is 0 Å². The van der Waals surface area contributed by atoms with Crippen LogP contribution in [0.2, 0.25) is 0 Å². The minimum atomic E-state index is -0.969. The van der Waals surface area contributed by atoms with Crippen molar-refractivity contribution >= 4 is 0 Å². The molecule has 1 N–H and O–H groups in total. The Morgan fingerprint density at radius 1 is 1.60 bits per heavy atom. The van der Waals surface area contributed by atoms with Gasteiger partial charge in [-0.1, -0.05) is 0 Å². The summed E-state index contributed by atoms with van der Waals surface area (Å²) in [6.07, 6.45) is 0.658. The Hall–Kier alpha value is -0.150. The van der Waals surface area contributed by atoms with Gasteiger partial charge in [-0.05, 0) is 27.1 Å². The quantitative estimate of drug-likeness (QED) is 0.600. The second kappa shape index (κ2) is 2.84. The molecule has 0 radical (unpaired) electrons. The highest BCUT2D eigenvalue weighted by Crippen LogP contribution is 2.19. The van der Waals surface area contributed by atoms with Crippen LogP contribution in [0.5, 0.6) is 0 Å². The highest BCUT2D eigenvalue weighted by Gasteiger charge is 2.33. The van der Waals surface area contributed by atoms with Crippen molar-refractivity contribution in [3.8, 4) is 0 Å². The second-order valence-electron chi connectivity index (χ2n) is 3.32. The summed E-state index contributed by atoms with van der Waals surface area (Å²) >= 11 is 0. The molecule has 60 valence electrons. The van der Waals surface area contributed by atoms with E-state index in [0.717, 1.165) is 6.54 Å². The summed E-state index contributed by atoms with van der Waals surface area (Å²) in [6.45, 7) is 1.88. The smallest absolute Gasteiger partial charge is 0.137 e. The maximum atomic E-state index is 13.5. The molecule has 1 heterocycles. The molecule has 0 bridgehead atoms. The molecule has 1 rings (SSSR count). The van der Waals surface area contributed by atoms with Crippen LogP contribution in [0.3, 0.4) is 0 Å². The summed E-state index contributed by atoms with van der Waals surface area (Å²) in [6, 6.07) is 0. The Kier molecular flexibility index (Phi) is 2.26. The van der Waals surface area contributed by atoms with Gasteiger partial charge in [0.05, 0.1) is 0 Å². The molecular weight excluding hydrogens is 131 g/mol. The average molecular weight is 146 g/mol. The fourth-order valence-electron chi connectivity index (χ4n) is 1.41. The van der Waals surface area contributed by atoms with Gasteiger partial charge in [-0.25, -0.2) is 4.39 Å². The molecule has 0 unspecified atom stereocenters. The normalized spacial score (nSPS) is 33.6. The first kappa shape index (κ1) is 7.95. The minimum Gasteiger partial charge on any atom is -0.313 e. The lowest BCUT2D eigenvalue weighted by Gasteiger charge is -2.22. The van der Waals surface area contributed by atoms with E-state index in [1.165, 1.54) is 0 Å². The third kappa shape index (κ3) is 1.92. The largest absolute Gasteiger partial charge is 0.313 e. The molecule has 10 heavy (non-hydrogen) atoms. The number of halogens is 1. The molecule has 0 saturated carbocycles. The van der Waals surface area contributed by atoms with Crippen molar-refractivity contribution in [1.29, 1.82) is 0 Å². The molecular formula is C7H15FN2. The third-order valence-electron chi connectivity index (χ3n) is 1.79. The zero-order valence-electron chi connectivity index (χ0n) is 6.65. The molecule has 0 aromatic heterocycles. The van der Waals surface area contributed by atoms with Gasteiger partial charge in [-0.2, -0.15) is 0 Å². The summed E-state index contributed by atoms with van der Waals surface area (Å²) in [7, 11) is 3.80. The van der Waals surface area contributed by atoms with Crippen LogP contribution < -0.4 is 5.32 Å². The van der Waals surface area contributed by atoms with Gasteiger partial charge in [0, 0.05) is 13.1 Å². The van der Waals surface area contributed by atoms with E-state index in [9.17, 15) is 4.39 Å². The SMILES string of the molecule is CN(C)C[C@@]1(F)CCNC1. The highest BCUT2D eigenvalue weighted by atomic mass is 19.1. The lowest BCUT2D eigenvalue weighted by atomic mass is 10.1. The van der Waals surface area contributed by atoms with Crippen molar-refractivity contribution in [1.82, 2.24) is 10.2 Å². The van der Waals surface area contributed by atoms with Gasteiger partial charge in [0.1, 0.15) is 5.67 Å². The summed E-state index contributed by atoms with van der Waals surface area (Å²) in [5.74, 6) is 0. The Morgan fingerprint density at radius 3 is 2.70 bits per heavy atom. The van der Waals surface area contributed by atoms with Gasteiger partial charge in [-0.15, -0.1) is 0 Å². The van der Waals surface area contributed by atoms with E-state index in [2.05, 4.69) is 5.32 Å².